The number of anilines is 1. The molecule has 0 aromatic carbocycles. The van der Waals surface area contributed by atoms with Crippen LogP contribution in [-0.2, 0) is 11.3 Å². The highest BCUT2D eigenvalue weighted by molar-refractivity contribution is 5.88. The number of aromatic nitrogens is 1. The van der Waals surface area contributed by atoms with Crippen LogP contribution >= 0.6 is 0 Å². The summed E-state index contributed by atoms with van der Waals surface area (Å²) in [6.45, 7) is 0.214. The Kier molecular flexibility index (Phi) is 3.94. The summed E-state index contributed by atoms with van der Waals surface area (Å²) in [5.74, 6) is -0.0974. The standard InChI is InChI=1S/C12H11N3O5/c1-19-12(16)9-4-5-10(15(17)18)11(14-9)13-7-8-3-2-6-20-8/h2-6H,7H2,1H3,(H,13,14). The van der Waals surface area contributed by atoms with Crippen LogP contribution in [0, 0.1) is 10.1 Å². The molecule has 0 saturated carbocycles. The minimum absolute atomic E-state index is 0.0138. The van der Waals surface area contributed by atoms with E-state index in [0.717, 1.165) is 0 Å². The van der Waals surface area contributed by atoms with Gasteiger partial charge in [0.15, 0.2) is 5.69 Å². The summed E-state index contributed by atoms with van der Waals surface area (Å²) in [6, 6.07) is 5.85. The molecule has 0 spiro atoms. The quantitative estimate of drug-likeness (QED) is 0.505. The number of pyridine rings is 1. The van der Waals surface area contributed by atoms with Gasteiger partial charge in [0.1, 0.15) is 5.76 Å². The van der Waals surface area contributed by atoms with Gasteiger partial charge in [-0.2, -0.15) is 0 Å². The van der Waals surface area contributed by atoms with E-state index in [1.807, 2.05) is 0 Å². The molecule has 8 heteroatoms. The molecule has 2 aromatic heterocycles. The van der Waals surface area contributed by atoms with E-state index >= 15 is 0 Å². The average molecular weight is 277 g/mol. The number of nitrogens with zero attached hydrogens (tertiary/aromatic N) is 2. The summed E-state index contributed by atoms with van der Waals surface area (Å²) >= 11 is 0. The van der Waals surface area contributed by atoms with Gasteiger partial charge in [0.2, 0.25) is 5.82 Å². The second-order valence-electron chi connectivity index (χ2n) is 3.75. The van der Waals surface area contributed by atoms with Gasteiger partial charge in [-0.3, -0.25) is 10.1 Å². The van der Waals surface area contributed by atoms with Gasteiger partial charge >= 0.3 is 11.7 Å². The van der Waals surface area contributed by atoms with Crippen molar-refractivity contribution in [2.45, 2.75) is 6.54 Å². The third kappa shape index (κ3) is 2.91. The van der Waals surface area contributed by atoms with E-state index in [0.29, 0.717) is 5.76 Å². The number of carbonyl (C=O) groups excluding carboxylic acids is 1. The molecule has 0 aliphatic rings. The van der Waals surface area contributed by atoms with Crippen molar-refractivity contribution in [1.29, 1.82) is 0 Å². The van der Waals surface area contributed by atoms with Crippen LogP contribution in [0.15, 0.2) is 34.9 Å². The smallest absolute Gasteiger partial charge is 0.356 e. The van der Waals surface area contributed by atoms with E-state index in [1.165, 1.54) is 25.5 Å². The van der Waals surface area contributed by atoms with Crippen molar-refractivity contribution >= 4 is 17.5 Å². The number of nitro groups is 1. The number of furan rings is 1. The Hall–Kier alpha value is -2.90. The van der Waals surface area contributed by atoms with Crippen LogP contribution in [0.1, 0.15) is 16.2 Å². The second-order valence-corrected chi connectivity index (χ2v) is 3.75. The molecule has 1 N–H and O–H groups in total. The van der Waals surface area contributed by atoms with E-state index < -0.39 is 10.9 Å². The molecule has 2 heterocycles. The third-order valence-electron chi connectivity index (χ3n) is 2.48. The van der Waals surface area contributed by atoms with Gasteiger partial charge in [-0.15, -0.1) is 0 Å². The van der Waals surface area contributed by atoms with Crippen molar-refractivity contribution in [2.24, 2.45) is 0 Å². The van der Waals surface area contributed by atoms with E-state index in [9.17, 15) is 14.9 Å². The number of esters is 1. The lowest BCUT2D eigenvalue weighted by molar-refractivity contribution is -0.384. The van der Waals surface area contributed by atoms with Gasteiger partial charge < -0.3 is 14.5 Å². The molecule has 2 aromatic rings. The summed E-state index contributed by atoms with van der Waals surface area (Å²) in [5.41, 5.74) is -0.246. The van der Waals surface area contributed by atoms with E-state index in [4.69, 9.17) is 4.42 Å². The second kappa shape index (κ2) is 5.83. The molecule has 0 aliphatic heterocycles. The fraction of sp³-hybridized carbons (Fsp3) is 0.167. The normalized spacial score (nSPS) is 10.1. The molecule has 0 radical (unpaired) electrons. The number of ether oxygens (including phenoxy) is 1. The number of hydrogen-bond donors (Lipinski definition) is 1. The van der Waals surface area contributed by atoms with Crippen LogP contribution in [-0.4, -0.2) is 23.0 Å². The maximum Gasteiger partial charge on any atom is 0.356 e. The van der Waals surface area contributed by atoms with Gasteiger partial charge in [-0.25, -0.2) is 9.78 Å². The number of methoxy groups -OCH3 is 1. The highest BCUT2D eigenvalue weighted by Gasteiger charge is 2.19. The first-order valence-electron chi connectivity index (χ1n) is 5.62. The number of nitrogens with one attached hydrogen (secondary N) is 1. The van der Waals surface area contributed by atoms with Crippen LogP contribution in [0.4, 0.5) is 11.5 Å². The average Bonchev–Trinajstić information content (AvgIpc) is 2.97. The maximum absolute atomic E-state index is 11.4. The molecule has 0 aliphatic carbocycles. The first-order chi connectivity index (χ1) is 9.61. The summed E-state index contributed by atoms with van der Waals surface area (Å²) in [6.07, 6.45) is 1.49. The van der Waals surface area contributed by atoms with Crippen LogP contribution in [0.3, 0.4) is 0 Å². The van der Waals surface area contributed by atoms with Crippen molar-refractivity contribution in [3.63, 3.8) is 0 Å². The first kappa shape index (κ1) is 13.5. The van der Waals surface area contributed by atoms with Crippen LogP contribution < -0.4 is 5.32 Å². The summed E-state index contributed by atoms with van der Waals surface area (Å²) in [7, 11) is 1.21. The lowest BCUT2D eigenvalue weighted by atomic mass is 10.3. The van der Waals surface area contributed by atoms with Crippen LogP contribution in [0.5, 0.6) is 0 Å². The minimum atomic E-state index is -0.666. The summed E-state index contributed by atoms with van der Waals surface area (Å²) < 4.78 is 9.63. The molecule has 104 valence electrons. The third-order valence-corrected chi connectivity index (χ3v) is 2.48. The lowest BCUT2D eigenvalue weighted by Gasteiger charge is -2.06. The largest absolute Gasteiger partial charge is 0.467 e. The molecule has 0 saturated heterocycles. The lowest BCUT2D eigenvalue weighted by Crippen LogP contribution is -2.09. The van der Waals surface area contributed by atoms with Crippen molar-refractivity contribution in [1.82, 2.24) is 4.98 Å². The zero-order valence-electron chi connectivity index (χ0n) is 10.5. The predicted molar refractivity (Wildman–Crippen MR) is 68.3 cm³/mol. The molecule has 0 bridgehead atoms. The number of carbonyl (C=O) groups is 1. The summed E-state index contributed by atoms with van der Waals surface area (Å²) in [4.78, 5) is 25.6. The van der Waals surface area contributed by atoms with Crippen LogP contribution in [0.2, 0.25) is 0 Å². The molecule has 0 atom stereocenters. The Bertz CT molecular complexity index is 624. The molecule has 20 heavy (non-hydrogen) atoms. The number of rotatable bonds is 5. The van der Waals surface area contributed by atoms with Crippen molar-refractivity contribution in [3.05, 3.63) is 52.1 Å². The van der Waals surface area contributed by atoms with Crippen molar-refractivity contribution in [3.8, 4) is 0 Å². The van der Waals surface area contributed by atoms with Gasteiger partial charge in [-0.1, -0.05) is 0 Å². The summed E-state index contributed by atoms with van der Waals surface area (Å²) in [5, 5.41) is 13.7. The van der Waals surface area contributed by atoms with E-state index in [2.05, 4.69) is 15.0 Å². The Morgan fingerprint density at radius 1 is 1.50 bits per heavy atom. The predicted octanol–water partition coefficient (Wildman–Crippen LogP) is 1.98. The Balaban J connectivity index is 2.26. The van der Waals surface area contributed by atoms with E-state index in [-0.39, 0.29) is 23.7 Å². The fourth-order valence-electron chi connectivity index (χ4n) is 1.53. The molecule has 0 fully saturated rings. The minimum Gasteiger partial charge on any atom is -0.467 e. The van der Waals surface area contributed by atoms with Gasteiger partial charge in [0, 0.05) is 6.07 Å². The SMILES string of the molecule is COC(=O)c1ccc([N+](=O)[O-])c(NCc2ccco2)n1. The topological polar surface area (TPSA) is 108 Å². The molecule has 0 amide bonds. The Morgan fingerprint density at radius 2 is 2.30 bits per heavy atom. The first-order valence-corrected chi connectivity index (χ1v) is 5.62. The Labute approximate surface area is 113 Å². The van der Waals surface area contributed by atoms with Gasteiger partial charge in [0.25, 0.3) is 0 Å². The van der Waals surface area contributed by atoms with Crippen molar-refractivity contribution < 1.29 is 18.9 Å². The maximum atomic E-state index is 11.4. The van der Waals surface area contributed by atoms with Crippen molar-refractivity contribution in [2.75, 3.05) is 12.4 Å². The van der Waals surface area contributed by atoms with Gasteiger partial charge in [-0.05, 0) is 18.2 Å². The molecule has 2 rings (SSSR count). The van der Waals surface area contributed by atoms with Gasteiger partial charge in [0.05, 0.1) is 24.8 Å². The van der Waals surface area contributed by atoms with E-state index in [1.54, 1.807) is 12.1 Å². The highest BCUT2D eigenvalue weighted by atomic mass is 16.6. The zero-order valence-corrected chi connectivity index (χ0v) is 10.5. The zero-order chi connectivity index (χ0) is 14.5. The highest BCUT2D eigenvalue weighted by Crippen LogP contribution is 2.23. The number of hydrogen-bond acceptors (Lipinski definition) is 7. The molecular formula is C12H11N3O5. The monoisotopic (exact) mass is 277 g/mol. The molecule has 0 unspecified atom stereocenters. The Morgan fingerprint density at radius 3 is 2.90 bits per heavy atom. The van der Waals surface area contributed by atoms with Crippen LogP contribution in [0.25, 0.3) is 0 Å². The fourth-order valence-corrected chi connectivity index (χ4v) is 1.53. The molecular weight excluding hydrogens is 266 g/mol. The molecule has 8 nitrogen and oxygen atoms in total.